The van der Waals surface area contributed by atoms with Gasteiger partial charge >= 0.3 is 5.97 Å². The van der Waals surface area contributed by atoms with Gasteiger partial charge in [0, 0.05) is 19.4 Å². The van der Waals surface area contributed by atoms with Gasteiger partial charge in [0.25, 0.3) is 0 Å². The molecule has 0 saturated heterocycles. The molecule has 6 nitrogen and oxygen atoms in total. The van der Waals surface area contributed by atoms with Crippen LogP contribution in [0.5, 0.6) is 0 Å². The van der Waals surface area contributed by atoms with Crippen LogP contribution in [0.2, 0.25) is 5.02 Å². The molecule has 100 valence electrons. The molecule has 19 heavy (non-hydrogen) atoms. The average molecular weight is 281 g/mol. The molecule has 0 aliphatic heterocycles. The minimum Gasteiger partial charge on any atom is -0.478 e. The van der Waals surface area contributed by atoms with Crippen LogP contribution >= 0.6 is 11.6 Å². The number of carboxylic acids is 1. The molecule has 0 atom stereocenters. The van der Waals surface area contributed by atoms with Crippen LogP contribution in [0.15, 0.2) is 18.5 Å². The third-order valence-corrected chi connectivity index (χ3v) is 2.89. The summed E-state index contributed by atoms with van der Waals surface area (Å²) < 4.78 is 1.69. The average Bonchev–Trinajstić information content (AvgIpc) is 2.71. The Morgan fingerprint density at radius 2 is 2.32 bits per heavy atom. The molecule has 2 aromatic rings. The third kappa shape index (κ3) is 2.85. The first-order chi connectivity index (χ1) is 9.01. The van der Waals surface area contributed by atoms with E-state index in [2.05, 4.69) is 15.4 Å². The molecule has 2 N–H and O–H groups in total. The molecule has 2 heterocycles. The molecular formula is C12H13ClN4O2. The minimum atomic E-state index is -1.09. The number of aromatic carboxylic acids is 1. The zero-order chi connectivity index (χ0) is 14.0. The normalized spacial score (nSPS) is 10.5. The largest absolute Gasteiger partial charge is 0.478 e. The molecule has 7 heteroatoms. The van der Waals surface area contributed by atoms with E-state index < -0.39 is 5.97 Å². The smallest absolute Gasteiger partial charge is 0.337 e. The summed E-state index contributed by atoms with van der Waals surface area (Å²) in [6.07, 6.45) is 3.90. The summed E-state index contributed by atoms with van der Waals surface area (Å²) >= 11 is 5.77. The summed E-state index contributed by atoms with van der Waals surface area (Å²) in [4.78, 5) is 15.1. The first-order valence-corrected chi connectivity index (χ1v) is 6.07. The molecule has 0 amide bonds. The van der Waals surface area contributed by atoms with Crippen LogP contribution in [0.1, 0.15) is 23.0 Å². The van der Waals surface area contributed by atoms with Crippen molar-refractivity contribution in [1.82, 2.24) is 14.8 Å². The standard InChI is InChI=1S/C12H13ClN4O2/c1-3-9-10(6-17(2)16-9)15-11-4-7(12(18)19)8(13)5-14-11/h4-6H,3H2,1-2H3,(H,14,15)(H,18,19). The van der Waals surface area contributed by atoms with E-state index >= 15 is 0 Å². The maximum absolute atomic E-state index is 11.0. The van der Waals surface area contributed by atoms with Gasteiger partial charge in [-0.25, -0.2) is 9.78 Å². The van der Waals surface area contributed by atoms with E-state index in [9.17, 15) is 4.79 Å². The number of halogens is 1. The molecule has 0 aliphatic carbocycles. The highest BCUT2D eigenvalue weighted by Crippen LogP contribution is 2.22. The van der Waals surface area contributed by atoms with Gasteiger partial charge in [0.05, 0.1) is 22.0 Å². The fourth-order valence-corrected chi connectivity index (χ4v) is 1.89. The summed E-state index contributed by atoms with van der Waals surface area (Å²) in [7, 11) is 1.82. The predicted molar refractivity (Wildman–Crippen MR) is 72.1 cm³/mol. The highest BCUT2D eigenvalue weighted by Gasteiger charge is 2.12. The topological polar surface area (TPSA) is 80.0 Å². The summed E-state index contributed by atoms with van der Waals surface area (Å²) in [5.74, 6) is -0.665. The number of nitrogens with one attached hydrogen (secondary N) is 1. The zero-order valence-electron chi connectivity index (χ0n) is 10.5. The lowest BCUT2D eigenvalue weighted by Gasteiger charge is -2.06. The molecule has 0 saturated carbocycles. The lowest BCUT2D eigenvalue weighted by molar-refractivity contribution is 0.0697. The lowest BCUT2D eigenvalue weighted by atomic mass is 10.2. The molecule has 0 aromatic carbocycles. The Bertz CT molecular complexity index is 624. The Hall–Kier alpha value is -2.08. The number of pyridine rings is 1. The number of aryl methyl sites for hydroxylation is 2. The van der Waals surface area contributed by atoms with Gasteiger partial charge in [0.15, 0.2) is 0 Å². The second kappa shape index (κ2) is 5.27. The maximum atomic E-state index is 11.0. The third-order valence-electron chi connectivity index (χ3n) is 2.59. The summed E-state index contributed by atoms with van der Waals surface area (Å²) in [5, 5.41) is 16.5. The number of aromatic nitrogens is 3. The molecule has 2 rings (SSSR count). The quantitative estimate of drug-likeness (QED) is 0.899. The Morgan fingerprint density at radius 3 is 2.95 bits per heavy atom. The van der Waals surface area contributed by atoms with Gasteiger partial charge in [0.2, 0.25) is 0 Å². The minimum absolute atomic E-state index is 0.0149. The van der Waals surface area contributed by atoms with Gasteiger partial charge in [-0.2, -0.15) is 5.10 Å². The maximum Gasteiger partial charge on any atom is 0.337 e. The number of hydrogen-bond acceptors (Lipinski definition) is 4. The summed E-state index contributed by atoms with van der Waals surface area (Å²) in [6, 6.07) is 1.40. The highest BCUT2D eigenvalue weighted by molar-refractivity contribution is 6.33. The molecule has 0 aliphatic rings. The van der Waals surface area contributed by atoms with E-state index in [1.807, 2.05) is 20.2 Å². The van der Waals surface area contributed by atoms with Crippen molar-refractivity contribution in [1.29, 1.82) is 0 Å². The molecule has 2 aromatic heterocycles. The van der Waals surface area contributed by atoms with Crippen LogP contribution in [0.4, 0.5) is 11.5 Å². The Morgan fingerprint density at radius 1 is 1.58 bits per heavy atom. The van der Waals surface area contributed by atoms with Crippen molar-refractivity contribution in [3.05, 3.63) is 34.7 Å². The number of nitrogens with zero attached hydrogens (tertiary/aromatic N) is 3. The van der Waals surface area contributed by atoms with Crippen molar-refractivity contribution >= 4 is 29.1 Å². The monoisotopic (exact) mass is 280 g/mol. The van der Waals surface area contributed by atoms with Gasteiger partial charge in [-0.3, -0.25) is 4.68 Å². The summed E-state index contributed by atoms with van der Waals surface area (Å²) in [6.45, 7) is 1.99. The molecule has 0 unspecified atom stereocenters. The van der Waals surface area contributed by atoms with E-state index in [1.54, 1.807) is 4.68 Å². The number of carbonyl (C=O) groups is 1. The molecular weight excluding hydrogens is 268 g/mol. The van der Waals surface area contributed by atoms with Gasteiger partial charge in [-0.05, 0) is 12.5 Å². The van der Waals surface area contributed by atoms with Crippen molar-refractivity contribution in [2.24, 2.45) is 7.05 Å². The predicted octanol–water partition coefficient (Wildman–Crippen LogP) is 2.47. The Balaban J connectivity index is 2.33. The highest BCUT2D eigenvalue weighted by atomic mass is 35.5. The van der Waals surface area contributed by atoms with Gasteiger partial charge in [0.1, 0.15) is 5.82 Å². The van der Waals surface area contributed by atoms with E-state index in [0.717, 1.165) is 17.8 Å². The molecule has 0 fully saturated rings. The second-order valence-corrected chi connectivity index (χ2v) is 4.40. The Labute approximate surface area is 115 Å². The van der Waals surface area contributed by atoms with Crippen molar-refractivity contribution in [2.45, 2.75) is 13.3 Å². The van der Waals surface area contributed by atoms with Crippen molar-refractivity contribution in [3.63, 3.8) is 0 Å². The van der Waals surface area contributed by atoms with Crippen LogP contribution < -0.4 is 5.32 Å². The number of carboxylic acid groups (broad SMARTS) is 1. The first kappa shape index (κ1) is 13.4. The fraction of sp³-hybridized carbons (Fsp3) is 0.250. The zero-order valence-corrected chi connectivity index (χ0v) is 11.3. The fourth-order valence-electron chi connectivity index (χ4n) is 1.71. The molecule has 0 bridgehead atoms. The van der Waals surface area contributed by atoms with Crippen LogP contribution in [-0.4, -0.2) is 25.8 Å². The van der Waals surface area contributed by atoms with Crippen LogP contribution in [0, 0.1) is 0 Å². The second-order valence-electron chi connectivity index (χ2n) is 4.00. The first-order valence-electron chi connectivity index (χ1n) is 5.69. The number of hydrogen-bond donors (Lipinski definition) is 2. The van der Waals surface area contributed by atoms with E-state index in [0.29, 0.717) is 5.82 Å². The molecule has 0 radical (unpaired) electrons. The van der Waals surface area contributed by atoms with Gasteiger partial charge < -0.3 is 10.4 Å². The van der Waals surface area contributed by atoms with Crippen molar-refractivity contribution in [3.8, 4) is 0 Å². The number of anilines is 2. The van der Waals surface area contributed by atoms with E-state index in [-0.39, 0.29) is 10.6 Å². The van der Waals surface area contributed by atoms with Crippen molar-refractivity contribution < 1.29 is 9.90 Å². The van der Waals surface area contributed by atoms with Crippen LogP contribution in [0.25, 0.3) is 0 Å². The van der Waals surface area contributed by atoms with Gasteiger partial charge in [-0.1, -0.05) is 18.5 Å². The number of rotatable bonds is 4. The summed E-state index contributed by atoms with van der Waals surface area (Å²) in [5.41, 5.74) is 1.70. The SMILES string of the molecule is CCc1nn(C)cc1Nc1cc(C(=O)O)c(Cl)cn1. The Kier molecular flexibility index (Phi) is 3.71. The van der Waals surface area contributed by atoms with E-state index in [1.165, 1.54) is 12.3 Å². The van der Waals surface area contributed by atoms with Gasteiger partial charge in [-0.15, -0.1) is 0 Å². The van der Waals surface area contributed by atoms with E-state index in [4.69, 9.17) is 16.7 Å². The lowest BCUT2D eigenvalue weighted by Crippen LogP contribution is -2.02. The van der Waals surface area contributed by atoms with Crippen molar-refractivity contribution in [2.75, 3.05) is 5.32 Å². The molecule has 0 spiro atoms. The van der Waals surface area contributed by atoms with Crippen LogP contribution in [-0.2, 0) is 13.5 Å². The van der Waals surface area contributed by atoms with Crippen LogP contribution in [0.3, 0.4) is 0 Å².